The maximum Gasteiger partial charge on any atom is 0.258 e. The van der Waals surface area contributed by atoms with Crippen molar-refractivity contribution >= 4 is 17.5 Å². The van der Waals surface area contributed by atoms with Crippen LogP contribution in [0.5, 0.6) is 0 Å². The average molecular weight is 332 g/mol. The van der Waals surface area contributed by atoms with Gasteiger partial charge < -0.3 is 10.6 Å². The van der Waals surface area contributed by atoms with Crippen LogP contribution >= 0.6 is 0 Å². The highest BCUT2D eigenvalue weighted by atomic mass is 16.1. The van der Waals surface area contributed by atoms with Gasteiger partial charge in [0.2, 0.25) is 5.95 Å². The first-order valence-electron chi connectivity index (χ1n) is 8.11. The fourth-order valence-electron chi connectivity index (χ4n) is 2.51. The summed E-state index contributed by atoms with van der Waals surface area (Å²) in [7, 11) is 0. The Kier molecular flexibility index (Phi) is 5.04. The van der Waals surface area contributed by atoms with Gasteiger partial charge in [0.15, 0.2) is 0 Å². The highest BCUT2D eigenvalue weighted by molar-refractivity contribution is 6.04. The van der Waals surface area contributed by atoms with E-state index in [2.05, 4.69) is 20.6 Å². The molecule has 0 atom stereocenters. The smallest absolute Gasteiger partial charge is 0.258 e. The molecule has 5 heteroatoms. The minimum Gasteiger partial charge on any atom is -0.350 e. The zero-order chi connectivity index (χ0) is 17.6. The molecule has 5 nitrogen and oxygen atoms in total. The fourth-order valence-corrected chi connectivity index (χ4v) is 2.51. The molecule has 0 bridgehead atoms. The molecule has 0 aliphatic heterocycles. The number of anilines is 2. The minimum atomic E-state index is -0.216. The van der Waals surface area contributed by atoms with Gasteiger partial charge in [-0.25, -0.2) is 9.97 Å². The van der Waals surface area contributed by atoms with E-state index in [9.17, 15) is 4.79 Å². The van der Waals surface area contributed by atoms with Gasteiger partial charge in [-0.15, -0.1) is 0 Å². The molecule has 1 amide bonds. The molecular formula is C20H20N4O. The number of hydrogen-bond donors (Lipinski definition) is 2. The summed E-state index contributed by atoms with van der Waals surface area (Å²) >= 11 is 0. The van der Waals surface area contributed by atoms with Crippen LogP contribution in [0.25, 0.3) is 0 Å². The number of carbonyl (C=O) groups excluding carboxylic acids is 1. The first-order valence-corrected chi connectivity index (χ1v) is 8.11. The first kappa shape index (κ1) is 16.6. The van der Waals surface area contributed by atoms with Gasteiger partial charge in [-0.3, -0.25) is 4.79 Å². The van der Waals surface area contributed by atoms with Crippen molar-refractivity contribution in [2.24, 2.45) is 0 Å². The molecule has 0 unspecified atom stereocenters. The Morgan fingerprint density at radius 1 is 0.920 bits per heavy atom. The van der Waals surface area contributed by atoms with Crippen LogP contribution in [0.4, 0.5) is 11.6 Å². The number of hydrogen-bond acceptors (Lipinski definition) is 4. The second-order valence-corrected chi connectivity index (χ2v) is 5.86. The van der Waals surface area contributed by atoms with E-state index in [1.807, 2.05) is 62.4 Å². The number of aryl methyl sites for hydroxylation is 2. The van der Waals surface area contributed by atoms with Crippen molar-refractivity contribution < 1.29 is 4.79 Å². The average Bonchev–Trinajstić information content (AvgIpc) is 2.64. The Labute approximate surface area is 147 Å². The monoisotopic (exact) mass is 332 g/mol. The zero-order valence-corrected chi connectivity index (χ0v) is 14.3. The maximum atomic E-state index is 12.4. The summed E-state index contributed by atoms with van der Waals surface area (Å²) in [5.41, 5.74) is 4.44. The number of benzene rings is 2. The van der Waals surface area contributed by atoms with Gasteiger partial charge in [0.25, 0.3) is 5.91 Å². The van der Waals surface area contributed by atoms with E-state index in [0.29, 0.717) is 18.1 Å². The van der Waals surface area contributed by atoms with Gasteiger partial charge >= 0.3 is 0 Å². The van der Waals surface area contributed by atoms with Crippen molar-refractivity contribution in [1.29, 1.82) is 0 Å². The van der Waals surface area contributed by atoms with Crippen molar-refractivity contribution in [1.82, 2.24) is 9.97 Å². The summed E-state index contributed by atoms with van der Waals surface area (Å²) in [5, 5.41) is 6.07. The van der Waals surface area contributed by atoms with Crippen LogP contribution in [0, 0.1) is 13.8 Å². The zero-order valence-electron chi connectivity index (χ0n) is 14.3. The number of nitrogens with zero attached hydrogens (tertiary/aromatic N) is 2. The third-order valence-corrected chi connectivity index (χ3v) is 3.93. The predicted molar refractivity (Wildman–Crippen MR) is 99.7 cm³/mol. The fraction of sp³-hybridized carbons (Fsp3) is 0.150. The lowest BCUT2D eigenvalue weighted by atomic mass is 10.1. The van der Waals surface area contributed by atoms with E-state index in [0.717, 1.165) is 22.4 Å². The van der Waals surface area contributed by atoms with Gasteiger partial charge in [0.1, 0.15) is 0 Å². The molecule has 2 N–H and O–H groups in total. The van der Waals surface area contributed by atoms with E-state index in [1.54, 1.807) is 0 Å². The summed E-state index contributed by atoms with van der Waals surface area (Å²) in [4.78, 5) is 20.8. The Hall–Kier alpha value is -3.21. The minimum absolute atomic E-state index is 0.216. The Morgan fingerprint density at radius 2 is 1.56 bits per heavy atom. The van der Waals surface area contributed by atoms with Crippen LogP contribution in [0.3, 0.4) is 0 Å². The summed E-state index contributed by atoms with van der Waals surface area (Å²) in [6, 6.07) is 15.9. The van der Waals surface area contributed by atoms with Crippen molar-refractivity contribution in [3.63, 3.8) is 0 Å². The van der Waals surface area contributed by atoms with Crippen LogP contribution in [0.2, 0.25) is 0 Å². The van der Waals surface area contributed by atoms with Gasteiger partial charge in [-0.05, 0) is 30.5 Å². The maximum absolute atomic E-state index is 12.4. The van der Waals surface area contributed by atoms with Crippen molar-refractivity contribution in [3.8, 4) is 0 Å². The van der Waals surface area contributed by atoms with Gasteiger partial charge in [0.05, 0.1) is 5.56 Å². The van der Waals surface area contributed by atoms with Crippen LogP contribution in [0.1, 0.15) is 27.0 Å². The second-order valence-electron chi connectivity index (χ2n) is 5.86. The van der Waals surface area contributed by atoms with Gasteiger partial charge in [0, 0.05) is 24.6 Å². The Bertz CT molecular complexity index is 840. The lowest BCUT2D eigenvalue weighted by Crippen LogP contribution is -2.15. The quantitative estimate of drug-likeness (QED) is 0.742. The van der Waals surface area contributed by atoms with E-state index in [4.69, 9.17) is 0 Å². The summed E-state index contributed by atoms with van der Waals surface area (Å²) in [6.45, 7) is 4.57. The number of aromatic nitrogens is 2. The molecular weight excluding hydrogens is 312 g/mol. The highest BCUT2D eigenvalue weighted by Gasteiger charge is 2.10. The summed E-state index contributed by atoms with van der Waals surface area (Å²) < 4.78 is 0. The van der Waals surface area contributed by atoms with E-state index in [1.165, 1.54) is 12.4 Å². The lowest BCUT2D eigenvalue weighted by molar-refractivity contribution is 0.102. The van der Waals surface area contributed by atoms with Crippen LogP contribution in [-0.4, -0.2) is 15.9 Å². The number of carbonyl (C=O) groups is 1. The van der Waals surface area contributed by atoms with Crippen LogP contribution in [0.15, 0.2) is 60.9 Å². The molecule has 126 valence electrons. The SMILES string of the molecule is Cc1cccc(C)c1NC(=O)c1cnc(NCc2ccccc2)nc1. The highest BCUT2D eigenvalue weighted by Crippen LogP contribution is 2.20. The number of amides is 1. The standard InChI is InChI=1S/C20H20N4O/c1-14-7-6-8-15(2)18(14)24-19(25)17-12-22-20(23-13-17)21-11-16-9-4-3-5-10-16/h3-10,12-13H,11H2,1-2H3,(H,24,25)(H,21,22,23). The van der Waals surface area contributed by atoms with Crippen LogP contribution in [-0.2, 0) is 6.54 Å². The molecule has 0 saturated heterocycles. The molecule has 25 heavy (non-hydrogen) atoms. The molecule has 0 aliphatic rings. The summed E-state index contributed by atoms with van der Waals surface area (Å²) in [6.07, 6.45) is 3.06. The second kappa shape index (κ2) is 7.57. The molecule has 0 fully saturated rings. The van der Waals surface area contributed by atoms with E-state index < -0.39 is 0 Å². The van der Waals surface area contributed by atoms with E-state index >= 15 is 0 Å². The molecule has 2 aromatic carbocycles. The third-order valence-electron chi connectivity index (χ3n) is 3.93. The molecule has 0 spiro atoms. The van der Waals surface area contributed by atoms with Gasteiger partial charge in [-0.2, -0.15) is 0 Å². The molecule has 0 aliphatic carbocycles. The first-order chi connectivity index (χ1) is 12.1. The molecule has 3 aromatic rings. The Balaban J connectivity index is 1.64. The normalized spacial score (nSPS) is 10.3. The van der Waals surface area contributed by atoms with Crippen LogP contribution < -0.4 is 10.6 Å². The Morgan fingerprint density at radius 3 is 2.20 bits per heavy atom. The van der Waals surface area contributed by atoms with Gasteiger partial charge in [-0.1, -0.05) is 48.5 Å². The summed E-state index contributed by atoms with van der Waals surface area (Å²) in [5.74, 6) is 0.277. The molecule has 3 rings (SSSR count). The molecule has 1 aromatic heterocycles. The molecule has 0 saturated carbocycles. The van der Waals surface area contributed by atoms with Crippen molar-refractivity contribution in [2.45, 2.75) is 20.4 Å². The predicted octanol–water partition coefficient (Wildman–Crippen LogP) is 3.96. The lowest BCUT2D eigenvalue weighted by Gasteiger charge is -2.11. The topological polar surface area (TPSA) is 66.9 Å². The molecule has 0 radical (unpaired) electrons. The molecule has 1 heterocycles. The largest absolute Gasteiger partial charge is 0.350 e. The van der Waals surface area contributed by atoms with Crippen molar-refractivity contribution in [3.05, 3.63) is 83.2 Å². The van der Waals surface area contributed by atoms with Crippen molar-refractivity contribution in [2.75, 3.05) is 10.6 Å². The third kappa shape index (κ3) is 4.20. The van der Waals surface area contributed by atoms with E-state index in [-0.39, 0.29) is 5.91 Å². The number of nitrogens with one attached hydrogen (secondary N) is 2. The number of para-hydroxylation sites is 1. The number of rotatable bonds is 5.